The summed E-state index contributed by atoms with van der Waals surface area (Å²) < 4.78 is 5.47. The van der Waals surface area contributed by atoms with E-state index in [1.54, 1.807) is 0 Å². The molecule has 0 spiro atoms. The van der Waals surface area contributed by atoms with Crippen LogP contribution < -0.4 is 5.32 Å². The first-order valence-corrected chi connectivity index (χ1v) is 9.30. The van der Waals surface area contributed by atoms with Crippen molar-refractivity contribution in [1.82, 2.24) is 15.1 Å². The molecule has 0 bridgehead atoms. The minimum atomic E-state index is 0.616. The summed E-state index contributed by atoms with van der Waals surface area (Å²) in [7, 11) is 1.88. The molecule has 0 aromatic carbocycles. The van der Waals surface area contributed by atoms with Crippen molar-refractivity contribution in [3.63, 3.8) is 0 Å². The number of piperazine rings is 1. The fourth-order valence-corrected chi connectivity index (χ4v) is 3.14. The molecule has 0 amide bonds. The molecular formula is C15H30N4OS. The smallest absolute Gasteiger partial charge is 0.193 e. The summed E-state index contributed by atoms with van der Waals surface area (Å²) in [4.78, 5) is 9.39. The zero-order valence-corrected chi connectivity index (χ0v) is 14.5. The summed E-state index contributed by atoms with van der Waals surface area (Å²) in [5.41, 5.74) is 0. The molecule has 122 valence electrons. The lowest BCUT2D eigenvalue weighted by Crippen LogP contribution is -2.53. The monoisotopic (exact) mass is 314 g/mol. The Morgan fingerprint density at radius 3 is 2.71 bits per heavy atom. The van der Waals surface area contributed by atoms with Crippen molar-refractivity contribution in [2.24, 2.45) is 10.9 Å². The molecule has 0 aromatic heterocycles. The van der Waals surface area contributed by atoms with E-state index in [1.165, 1.54) is 13.0 Å². The Morgan fingerprint density at radius 2 is 2.14 bits per heavy atom. The number of nitrogens with zero attached hydrogens (tertiary/aromatic N) is 3. The van der Waals surface area contributed by atoms with Crippen LogP contribution in [0.5, 0.6) is 0 Å². The van der Waals surface area contributed by atoms with Crippen molar-refractivity contribution < 1.29 is 4.74 Å². The van der Waals surface area contributed by atoms with Gasteiger partial charge in [0, 0.05) is 58.2 Å². The summed E-state index contributed by atoms with van der Waals surface area (Å²) in [6.07, 6.45) is 3.39. The molecule has 2 fully saturated rings. The molecule has 0 aromatic rings. The second-order valence-corrected chi connectivity index (χ2v) is 7.27. The largest absolute Gasteiger partial charge is 0.381 e. The van der Waals surface area contributed by atoms with Crippen LogP contribution in [0.25, 0.3) is 0 Å². The first kappa shape index (κ1) is 16.9. The average molecular weight is 314 g/mol. The van der Waals surface area contributed by atoms with Crippen molar-refractivity contribution in [2.75, 3.05) is 65.8 Å². The number of aliphatic imine (C=N–C) groups is 1. The van der Waals surface area contributed by atoms with E-state index in [1.807, 2.05) is 18.8 Å². The molecule has 21 heavy (non-hydrogen) atoms. The third kappa shape index (κ3) is 5.34. The van der Waals surface area contributed by atoms with Crippen LogP contribution in [0, 0.1) is 5.92 Å². The Balaban J connectivity index is 1.71. The fraction of sp³-hybridized carbons (Fsp3) is 0.933. The van der Waals surface area contributed by atoms with Gasteiger partial charge < -0.3 is 15.0 Å². The van der Waals surface area contributed by atoms with E-state index in [-0.39, 0.29) is 0 Å². The fourth-order valence-electron chi connectivity index (χ4n) is 2.89. The zero-order chi connectivity index (χ0) is 15.1. The number of hydrogen-bond donors (Lipinski definition) is 1. The third-order valence-electron chi connectivity index (χ3n) is 4.37. The Bertz CT molecular complexity index is 326. The van der Waals surface area contributed by atoms with Gasteiger partial charge in [0.2, 0.25) is 0 Å². The maximum Gasteiger partial charge on any atom is 0.193 e. The Labute approximate surface area is 133 Å². The lowest BCUT2D eigenvalue weighted by molar-refractivity contribution is 0.139. The molecule has 1 N–H and O–H groups in total. The molecule has 2 rings (SSSR count). The predicted octanol–water partition coefficient (Wildman–Crippen LogP) is 0.967. The molecule has 0 aliphatic carbocycles. The van der Waals surface area contributed by atoms with Crippen molar-refractivity contribution in [1.29, 1.82) is 0 Å². The van der Waals surface area contributed by atoms with E-state index < -0.39 is 0 Å². The number of nitrogens with one attached hydrogen (secondary N) is 1. The maximum absolute atomic E-state index is 5.47. The highest BCUT2D eigenvalue weighted by atomic mass is 32.2. The van der Waals surface area contributed by atoms with E-state index in [0.717, 1.165) is 57.8 Å². The minimum absolute atomic E-state index is 0.616. The first-order chi connectivity index (χ1) is 10.2. The van der Waals surface area contributed by atoms with E-state index in [0.29, 0.717) is 5.25 Å². The van der Waals surface area contributed by atoms with Gasteiger partial charge in [-0.15, -0.1) is 0 Å². The van der Waals surface area contributed by atoms with Gasteiger partial charge in [-0.25, -0.2) is 0 Å². The van der Waals surface area contributed by atoms with Crippen LogP contribution in [-0.2, 0) is 4.74 Å². The van der Waals surface area contributed by atoms with Gasteiger partial charge in [-0.05, 0) is 18.6 Å². The van der Waals surface area contributed by atoms with Gasteiger partial charge in [-0.1, -0.05) is 6.92 Å². The zero-order valence-electron chi connectivity index (χ0n) is 13.7. The van der Waals surface area contributed by atoms with Gasteiger partial charge in [0.05, 0.1) is 6.61 Å². The van der Waals surface area contributed by atoms with E-state index >= 15 is 0 Å². The molecule has 5 nitrogen and oxygen atoms in total. The number of thioether (sulfide) groups is 1. The molecule has 2 aliphatic rings. The van der Waals surface area contributed by atoms with Crippen molar-refractivity contribution >= 4 is 17.7 Å². The molecule has 2 aliphatic heterocycles. The third-order valence-corrected chi connectivity index (χ3v) is 5.35. The summed E-state index contributed by atoms with van der Waals surface area (Å²) in [5, 5.41) is 4.11. The lowest BCUT2D eigenvalue weighted by atomic mass is 10.1. The van der Waals surface area contributed by atoms with Crippen LogP contribution in [0.15, 0.2) is 4.99 Å². The van der Waals surface area contributed by atoms with E-state index in [9.17, 15) is 0 Å². The van der Waals surface area contributed by atoms with Crippen molar-refractivity contribution in [3.05, 3.63) is 0 Å². The lowest BCUT2D eigenvalue weighted by Gasteiger charge is -2.37. The quantitative estimate of drug-likeness (QED) is 0.605. The molecular weight excluding hydrogens is 284 g/mol. The van der Waals surface area contributed by atoms with Crippen LogP contribution >= 0.6 is 11.8 Å². The molecule has 2 heterocycles. The summed E-state index contributed by atoms with van der Waals surface area (Å²) in [6.45, 7) is 10.7. The maximum atomic E-state index is 5.47. The molecule has 2 atom stereocenters. The Hall–Kier alpha value is -0.460. The first-order valence-electron chi connectivity index (χ1n) is 8.01. The summed E-state index contributed by atoms with van der Waals surface area (Å²) in [6, 6.07) is 0. The highest BCUT2D eigenvalue weighted by Crippen LogP contribution is 2.15. The van der Waals surface area contributed by atoms with E-state index in [4.69, 9.17) is 4.74 Å². The molecule has 0 radical (unpaired) electrons. The van der Waals surface area contributed by atoms with Crippen LogP contribution in [0.1, 0.15) is 13.3 Å². The second-order valence-electron chi connectivity index (χ2n) is 5.99. The van der Waals surface area contributed by atoms with Crippen molar-refractivity contribution in [2.45, 2.75) is 18.6 Å². The molecule has 2 unspecified atom stereocenters. The summed E-state index contributed by atoms with van der Waals surface area (Å²) in [5.74, 6) is 1.80. The molecule has 2 saturated heterocycles. The standard InChI is InChI=1S/C15H30N4OS/c1-13(21-3)10-17-15(16-2)19-7-5-18(6-8-19)11-14-4-9-20-12-14/h13-14H,4-12H2,1-3H3,(H,16,17). The molecule has 6 heteroatoms. The van der Waals surface area contributed by atoms with Gasteiger partial charge in [0.15, 0.2) is 5.96 Å². The number of ether oxygens (including phenoxy) is 1. The van der Waals surface area contributed by atoms with Crippen LogP contribution in [0.2, 0.25) is 0 Å². The number of rotatable bonds is 5. The normalized spacial score (nSPS) is 26.1. The summed E-state index contributed by atoms with van der Waals surface area (Å²) >= 11 is 1.89. The number of guanidine groups is 1. The number of hydrogen-bond acceptors (Lipinski definition) is 4. The second kappa shape index (κ2) is 8.86. The highest BCUT2D eigenvalue weighted by Gasteiger charge is 2.23. The predicted molar refractivity (Wildman–Crippen MR) is 91.3 cm³/mol. The highest BCUT2D eigenvalue weighted by molar-refractivity contribution is 7.99. The minimum Gasteiger partial charge on any atom is -0.381 e. The topological polar surface area (TPSA) is 40.1 Å². The SMILES string of the molecule is CN=C(NCC(C)SC)N1CCN(CC2CCOC2)CC1. The Kier molecular flexibility index (Phi) is 7.13. The van der Waals surface area contributed by atoms with Gasteiger partial charge in [-0.2, -0.15) is 11.8 Å². The average Bonchev–Trinajstić information content (AvgIpc) is 3.02. The molecule has 0 saturated carbocycles. The van der Waals surface area contributed by atoms with Crippen molar-refractivity contribution in [3.8, 4) is 0 Å². The van der Waals surface area contributed by atoms with Crippen LogP contribution in [0.4, 0.5) is 0 Å². The van der Waals surface area contributed by atoms with Gasteiger partial charge in [0.25, 0.3) is 0 Å². The van der Waals surface area contributed by atoms with Crippen LogP contribution in [0.3, 0.4) is 0 Å². The van der Waals surface area contributed by atoms with Gasteiger partial charge >= 0.3 is 0 Å². The van der Waals surface area contributed by atoms with Crippen LogP contribution in [-0.4, -0.2) is 86.8 Å². The van der Waals surface area contributed by atoms with E-state index in [2.05, 4.69) is 33.3 Å². The van der Waals surface area contributed by atoms with Gasteiger partial charge in [-0.3, -0.25) is 9.89 Å². The Morgan fingerprint density at radius 1 is 1.38 bits per heavy atom. The van der Waals surface area contributed by atoms with Gasteiger partial charge in [0.1, 0.15) is 0 Å².